The third-order valence-corrected chi connectivity index (χ3v) is 6.09. The second-order valence-corrected chi connectivity index (χ2v) is 8.35. The summed E-state index contributed by atoms with van der Waals surface area (Å²) in [6, 6.07) is 0. The largest absolute Gasteiger partial charge is 0.378 e. The molecule has 0 aromatic rings. The van der Waals surface area contributed by atoms with Crippen LogP contribution >= 0.6 is 0 Å². The Hall–Kier alpha value is -0.300. The van der Waals surface area contributed by atoms with Crippen molar-refractivity contribution < 1.29 is 4.74 Å². The SMILES string of the molecule is C[C@H]1OC[C@H]2C=C([C@@]3(C)CCCC(C)(C)C3)CC[C@H]21. The van der Waals surface area contributed by atoms with Gasteiger partial charge >= 0.3 is 0 Å². The molecule has 4 atom stereocenters. The minimum absolute atomic E-state index is 0.471. The van der Waals surface area contributed by atoms with Gasteiger partial charge in [-0.05, 0) is 55.8 Å². The maximum atomic E-state index is 5.86. The van der Waals surface area contributed by atoms with Crippen LogP contribution in [0.25, 0.3) is 0 Å². The number of allylic oxidation sites excluding steroid dienone is 1. The van der Waals surface area contributed by atoms with Crippen LogP contribution in [0, 0.1) is 22.7 Å². The van der Waals surface area contributed by atoms with Gasteiger partial charge in [-0.15, -0.1) is 0 Å². The smallest absolute Gasteiger partial charge is 0.0582 e. The zero-order valence-electron chi connectivity index (χ0n) is 13.2. The average Bonchev–Trinajstić information content (AvgIpc) is 2.69. The normalized spacial score (nSPS) is 45.7. The van der Waals surface area contributed by atoms with E-state index in [-0.39, 0.29) is 0 Å². The molecule has 0 aromatic carbocycles. The van der Waals surface area contributed by atoms with Gasteiger partial charge in [-0.25, -0.2) is 0 Å². The molecule has 0 aromatic heterocycles. The average molecular weight is 262 g/mol. The van der Waals surface area contributed by atoms with E-state index >= 15 is 0 Å². The predicted octanol–water partition coefficient (Wildman–Crippen LogP) is 4.96. The highest BCUT2D eigenvalue weighted by Crippen LogP contribution is 2.53. The zero-order chi connectivity index (χ0) is 13.7. The summed E-state index contributed by atoms with van der Waals surface area (Å²) < 4.78 is 5.86. The molecular weight excluding hydrogens is 232 g/mol. The molecule has 0 amide bonds. The summed E-state index contributed by atoms with van der Waals surface area (Å²) in [4.78, 5) is 0. The summed E-state index contributed by atoms with van der Waals surface area (Å²) in [7, 11) is 0. The molecule has 0 N–H and O–H groups in total. The molecule has 0 radical (unpaired) electrons. The van der Waals surface area contributed by atoms with Crippen LogP contribution in [0.1, 0.15) is 66.2 Å². The van der Waals surface area contributed by atoms with Gasteiger partial charge in [0, 0.05) is 5.92 Å². The third-order valence-electron chi connectivity index (χ3n) is 6.09. The van der Waals surface area contributed by atoms with Gasteiger partial charge in [-0.1, -0.05) is 38.8 Å². The Balaban J connectivity index is 1.80. The van der Waals surface area contributed by atoms with Crippen molar-refractivity contribution in [2.75, 3.05) is 6.61 Å². The minimum Gasteiger partial charge on any atom is -0.378 e. The van der Waals surface area contributed by atoms with Crippen molar-refractivity contribution in [3.8, 4) is 0 Å². The molecule has 108 valence electrons. The fraction of sp³-hybridized carbons (Fsp3) is 0.889. The van der Waals surface area contributed by atoms with Crippen LogP contribution in [-0.4, -0.2) is 12.7 Å². The maximum absolute atomic E-state index is 5.86. The van der Waals surface area contributed by atoms with Gasteiger partial charge in [0.15, 0.2) is 0 Å². The van der Waals surface area contributed by atoms with Crippen LogP contribution in [0.15, 0.2) is 11.6 Å². The highest BCUT2D eigenvalue weighted by molar-refractivity contribution is 5.21. The van der Waals surface area contributed by atoms with Gasteiger partial charge in [0.1, 0.15) is 0 Å². The van der Waals surface area contributed by atoms with E-state index in [4.69, 9.17) is 4.74 Å². The topological polar surface area (TPSA) is 9.23 Å². The van der Waals surface area contributed by atoms with Gasteiger partial charge in [-0.2, -0.15) is 0 Å². The molecule has 2 fully saturated rings. The molecule has 0 spiro atoms. The Morgan fingerprint density at radius 1 is 1.21 bits per heavy atom. The molecule has 1 nitrogen and oxygen atoms in total. The second-order valence-electron chi connectivity index (χ2n) is 8.35. The van der Waals surface area contributed by atoms with Crippen molar-refractivity contribution >= 4 is 0 Å². The highest BCUT2D eigenvalue weighted by atomic mass is 16.5. The molecule has 1 saturated heterocycles. The number of hydrogen-bond acceptors (Lipinski definition) is 1. The third kappa shape index (κ3) is 2.51. The van der Waals surface area contributed by atoms with E-state index in [1.807, 2.05) is 0 Å². The van der Waals surface area contributed by atoms with Crippen molar-refractivity contribution in [3.63, 3.8) is 0 Å². The molecule has 3 rings (SSSR count). The van der Waals surface area contributed by atoms with E-state index in [0.717, 1.165) is 12.5 Å². The van der Waals surface area contributed by atoms with Gasteiger partial charge < -0.3 is 4.74 Å². The van der Waals surface area contributed by atoms with E-state index in [9.17, 15) is 0 Å². The van der Waals surface area contributed by atoms with Crippen molar-refractivity contribution in [1.82, 2.24) is 0 Å². The number of hydrogen-bond donors (Lipinski definition) is 0. The monoisotopic (exact) mass is 262 g/mol. The molecule has 19 heavy (non-hydrogen) atoms. The molecule has 1 heterocycles. The molecule has 1 heteroatoms. The quantitative estimate of drug-likeness (QED) is 0.607. The maximum Gasteiger partial charge on any atom is 0.0582 e. The summed E-state index contributed by atoms with van der Waals surface area (Å²) in [6.07, 6.45) is 11.4. The molecule has 0 bridgehead atoms. The predicted molar refractivity (Wildman–Crippen MR) is 80.1 cm³/mol. The zero-order valence-corrected chi connectivity index (χ0v) is 13.2. The number of rotatable bonds is 1. The molecule has 3 aliphatic rings. The molecule has 2 aliphatic carbocycles. The summed E-state index contributed by atoms with van der Waals surface area (Å²) in [5.41, 5.74) is 2.77. The first-order chi connectivity index (χ1) is 8.90. The standard InChI is InChI=1S/C18H30O/c1-13-16-7-6-15(10-14(16)11-19-13)18(4)9-5-8-17(2,3)12-18/h10,13-14,16H,5-9,11-12H2,1-4H3/t13-,14-,16+,18+/m1/s1. The Kier molecular flexibility index (Phi) is 3.32. The van der Waals surface area contributed by atoms with E-state index < -0.39 is 0 Å². The lowest BCUT2D eigenvalue weighted by Gasteiger charge is -2.46. The first-order valence-electron chi connectivity index (χ1n) is 8.22. The fourth-order valence-electron chi connectivity index (χ4n) is 5.11. The highest BCUT2D eigenvalue weighted by Gasteiger charge is 2.43. The summed E-state index contributed by atoms with van der Waals surface area (Å²) >= 11 is 0. The summed E-state index contributed by atoms with van der Waals surface area (Å²) in [5, 5.41) is 0. The van der Waals surface area contributed by atoms with E-state index in [0.29, 0.717) is 22.9 Å². The van der Waals surface area contributed by atoms with Gasteiger partial charge in [0.2, 0.25) is 0 Å². The first kappa shape index (κ1) is 13.7. The van der Waals surface area contributed by atoms with Crippen molar-refractivity contribution in [2.45, 2.75) is 72.3 Å². The molecule has 1 saturated carbocycles. The Labute approximate surface area is 118 Å². The number of ether oxygens (including phenoxy) is 1. The number of fused-ring (bicyclic) bond motifs is 1. The Morgan fingerprint density at radius 3 is 2.74 bits per heavy atom. The van der Waals surface area contributed by atoms with Crippen molar-refractivity contribution in [1.29, 1.82) is 0 Å². The lowest BCUT2D eigenvalue weighted by atomic mass is 9.59. The van der Waals surface area contributed by atoms with E-state index in [1.54, 1.807) is 5.57 Å². The van der Waals surface area contributed by atoms with Crippen LogP contribution < -0.4 is 0 Å². The second kappa shape index (κ2) is 4.62. The molecule has 0 unspecified atom stereocenters. The molecule has 1 aliphatic heterocycles. The summed E-state index contributed by atoms with van der Waals surface area (Å²) in [5.74, 6) is 1.50. The van der Waals surface area contributed by atoms with Crippen LogP contribution in [0.5, 0.6) is 0 Å². The first-order valence-corrected chi connectivity index (χ1v) is 8.22. The van der Waals surface area contributed by atoms with Gasteiger partial charge in [-0.3, -0.25) is 0 Å². The fourth-order valence-corrected chi connectivity index (χ4v) is 5.11. The lowest BCUT2D eigenvalue weighted by molar-refractivity contribution is 0.101. The van der Waals surface area contributed by atoms with Crippen LogP contribution in [0.3, 0.4) is 0 Å². The lowest BCUT2D eigenvalue weighted by Crippen LogP contribution is -2.34. The molecular formula is C18H30O. The van der Waals surface area contributed by atoms with Gasteiger partial charge in [0.05, 0.1) is 12.7 Å². The van der Waals surface area contributed by atoms with Crippen molar-refractivity contribution in [2.24, 2.45) is 22.7 Å². The van der Waals surface area contributed by atoms with Crippen LogP contribution in [0.4, 0.5) is 0 Å². The Bertz CT molecular complexity index is 381. The van der Waals surface area contributed by atoms with Crippen LogP contribution in [-0.2, 0) is 4.74 Å². The van der Waals surface area contributed by atoms with E-state index in [2.05, 4.69) is 33.8 Å². The Morgan fingerprint density at radius 2 is 2.00 bits per heavy atom. The minimum atomic E-state index is 0.471. The van der Waals surface area contributed by atoms with Crippen LogP contribution in [0.2, 0.25) is 0 Å². The summed E-state index contributed by atoms with van der Waals surface area (Å²) in [6.45, 7) is 10.7. The van der Waals surface area contributed by atoms with Crippen molar-refractivity contribution in [3.05, 3.63) is 11.6 Å². The van der Waals surface area contributed by atoms with E-state index in [1.165, 1.54) is 38.5 Å². The van der Waals surface area contributed by atoms with Gasteiger partial charge in [0.25, 0.3) is 0 Å².